The molecule has 7 nitrogen and oxygen atoms in total. The fraction of sp³-hybridized carbons (Fsp3) is 0.735. The fourth-order valence-corrected chi connectivity index (χ4v) is 6.74. The third kappa shape index (κ3) is 8.48. The standard InChI is InChI=1S/C34H56N2O5/c1-21(2)24(16-23-10-13-31(40-8)32(17-23)41-15-9-14-39-7)18-28(35)30(37)20-26(22(3)4)33(38)36-29-19-25-11-12-27(29)34(25,5)6/h10,12-13,17,21-22,24-26,28-30,37H,9,11,14-16,18-20,35H2,1-8H3,(H,36,38)/t24-,25?,26-,28-,29?,30-/m0/s1. The second kappa shape index (κ2) is 14.9. The number of hydrogen-bond donors (Lipinski definition) is 3. The number of benzene rings is 1. The number of aliphatic hydroxyl groups excluding tert-OH is 1. The molecule has 0 heterocycles. The van der Waals surface area contributed by atoms with E-state index in [1.807, 2.05) is 6.07 Å². The summed E-state index contributed by atoms with van der Waals surface area (Å²) < 4.78 is 16.6. The predicted molar refractivity (Wildman–Crippen MR) is 165 cm³/mol. The van der Waals surface area contributed by atoms with Gasteiger partial charge in [-0.3, -0.25) is 4.79 Å². The Morgan fingerprint density at radius 2 is 1.83 bits per heavy atom. The van der Waals surface area contributed by atoms with Crippen molar-refractivity contribution < 1.29 is 24.1 Å². The van der Waals surface area contributed by atoms with Gasteiger partial charge >= 0.3 is 0 Å². The molecule has 6 atom stereocenters. The van der Waals surface area contributed by atoms with Crippen LogP contribution >= 0.6 is 0 Å². The zero-order valence-electron chi connectivity index (χ0n) is 26.7. The summed E-state index contributed by atoms with van der Waals surface area (Å²) in [5.74, 6) is 2.56. The summed E-state index contributed by atoms with van der Waals surface area (Å²) in [5.41, 5.74) is 9.32. The van der Waals surface area contributed by atoms with E-state index in [0.717, 1.165) is 37.0 Å². The second-order valence-corrected chi connectivity index (χ2v) is 13.6. The molecule has 1 aromatic carbocycles. The Hall–Kier alpha value is -2.09. The highest BCUT2D eigenvalue weighted by molar-refractivity contribution is 5.80. The first-order chi connectivity index (χ1) is 19.4. The Morgan fingerprint density at radius 1 is 1.10 bits per heavy atom. The zero-order chi connectivity index (χ0) is 30.3. The van der Waals surface area contributed by atoms with Crippen molar-refractivity contribution >= 4 is 5.91 Å². The largest absolute Gasteiger partial charge is 0.493 e. The Balaban J connectivity index is 1.60. The number of fused-ring (bicyclic) bond motifs is 2. The van der Waals surface area contributed by atoms with Crippen LogP contribution in [0.2, 0.25) is 0 Å². The highest BCUT2D eigenvalue weighted by Gasteiger charge is 2.48. The van der Waals surface area contributed by atoms with Crippen LogP contribution in [0.15, 0.2) is 29.8 Å². The predicted octanol–water partition coefficient (Wildman–Crippen LogP) is 5.53. The van der Waals surface area contributed by atoms with Crippen LogP contribution in [0.1, 0.15) is 79.2 Å². The number of hydrogen-bond acceptors (Lipinski definition) is 6. The highest BCUT2D eigenvalue weighted by Crippen LogP contribution is 2.53. The normalized spacial score (nSPS) is 22.4. The molecule has 7 heteroatoms. The first-order valence-corrected chi connectivity index (χ1v) is 15.6. The molecule has 0 spiro atoms. The number of amides is 1. The van der Waals surface area contributed by atoms with E-state index < -0.39 is 12.1 Å². The molecule has 2 aliphatic rings. The number of carbonyl (C=O) groups is 1. The lowest BCUT2D eigenvalue weighted by molar-refractivity contribution is -0.128. The number of carbonyl (C=O) groups excluding carboxylic acids is 1. The van der Waals surface area contributed by atoms with Gasteiger partial charge < -0.3 is 30.4 Å². The van der Waals surface area contributed by atoms with Crippen LogP contribution in [0, 0.1) is 35.0 Å². The molecule has 0 aromatic heterocycles. The maximum atomic E-state index is 13.4. The molecule has 2 unspecified atom stereocenters. The zero-order valence-corrected chi connectivity index (χ0v) is 26.7. The molecule has 0 saturated heterocycles. The minimum absolute atomic E-state index is 0.0390. The van der Waals surface area contributed by atoms with Crippen molar-refractivity contribution in [2.75, 3.05) is 27.4 Å². The average molecular weight is 573 g/mol. The Kier molecular flexibility index (Phi) is 12.1. The van der Waals surface area contributed by atoms with E-state index >= 15 is 0 Å². The molecule has 1 aromatic rings. The Morgan fingerprint density at radius 3 is 2.39 bits per heavy atom. The lowest BCUT2D eigenvalue weighted by Crippen LogP contribution is -2.45. The third-order valence-electron chi connectivity index (χ3n) is 9.72. The molecule has 1 fully saturated rings. The van der Waals surface area contributed by atoms with E-state index in [4.69, 9.17) is 19.9 Å². The molecule has 2 bridgehead atoms. The smallest absolute Gasteiger partial charge is 0.223 e. The second-order valence-electron chi connectivity index (χ2n) is 13.6. The molecule has 0 aliphatic heterocycles. The SMILES string of the molecule is COCCCOc1cc(C[C@@H](C[C@H](N)[C@@H](O)C[C@H](C(=O)NC2CC3CC=C2C3(C)C)C(C)C)C(C)C)ccc1OC. The third-order valence-corrected chi connectivity index (χ3v) is 9.72. The fourth-order valence-electron chi connectivity index (χ4n) is 6.74. The van der Waals surface area contributed by atoms with Gasteiger partial charge in [-0.05, 0) is 84.5 Å². The average Bonchev–Trinajstić information content (AvgIpc) is 3.34. The van der Waals surface area contributed by atoms with Crippen molar-refractivity contribution in [2.45, 2.75) is 98.3 Å². The molecule has 1 amide bonds. The molecule has 0 radical (unpaired) electrons. The van der Waals surface area contributed by atoms with E-state index in [2.05, 4.69) is 65.1 Å². The van der Waals surface area contributed by atoms with Gasteiger partial charge in [0.1, 0.15) is 0 Å². The first-order valence-electron chi connectivity index (χ1n) is 15.6. The van der Waals surface area contributed by atoms with Crippen LogP contribution in [0.3, 0.4) is 0 Å². The summed E-state index contributed by atoms with van der Waals surface area (Å²) in [7, 11) is 3.33. The van der Waals surface area contributed by atoms with Crippen molar-refractivity contribution in [3.05, 3.63) is 35.4 Å². The quantitative estimate of drug-likeness (QED) is 0.168. The molecule has 2 aliphatic carbocycles. The van der Waals surface area contributed by atoms with E-state index in [1.165, 1.54) is 5.57 Å². The molecule has 3 rings (SSSR count). The van der Waals surface area contributed by atoms with Gasteiger partial charge in [0.15, 0.2) is 11.5 Å². The molecule has 4 N–H and O–H groups in total. The topological polar surface area (TPSA) is 103 Å². The van der Waals surface area contributed by atoms with E-state index in [0.29, 0.717) is 43.6 Å². The van der Waals surface area contributed by atoms with E-state index in [1.54, 1.807) is 14.2 Å². The molecule has 41 heavy (non-hydrogen) atoms. The van der Waals surface area contributed by atoms with Crippen LogP contribution in [0.4, 0.5) is 0 Å². The summed E-state index contributed by atoms with van der Waals surface area (Å²) in [5, 5.41) is 14.6. The van der Waals surface area contributed by atoms with E-state index in [9.17, 15) is 9.90 Å². The van der Waals surface area contributed by atoms with E-state index in [-0.39, 0.29) is 35.1 Å². The lowest BCUT2D eigenvalue weighted by Gasteiger charge is -2.31. The summed E-state index contributed by atoms with van der Waals surface area (Å²) in [6, 6.07) is 5.78. The summed E-state index contributed by atoms with van der Waals surface area (Å²) in [6.45, 7) is 14.3. The first kappa shape index (κ1) is 33.4. The van der Waals surface area contributed by atoms with Gasteiger partial charge in [-0.15, -0.1) is 0 Å². The maximum Gasteiger partial charge on any atom is 0.223 e. The van der Waals surface area contributed by atoms with Gasteiger partial charge in [-0.1, -0.05) is 53.7 Å². The van der Waals surface area contributed by atoms with Crippen molar-refractivity contribution in [3.63, 3.8) is 0 Å². The molecule has 232 valence electrons. The monoisotopic (exact) mass is 572 g/mol. The summed E-state index contributed by atoms with van der Waals surface area (Å²) in [4.78, 5) is 13.4. The Bertz CT molecular complexity index is 1020. The number of rotatable bonds is 17. The van der Waals surface area contributed by atoms with Gasteiger partial charge in [-0.25, -0.2) is 0 Å². The van der Waals surface area contributed by atoms with Crippen LogP contribution < -0.4 is 20.5 Å². The van der Waals surface area contributed by atoms with Crippen LogP contribution in [0.25, 0.3) is 0 Å². The van der Waals surface area contributed by atoms with Crippen LogP contribution in [-0.2, 0) is 16.0 Å². The number of nitrogens with two attached hydrogens (primary N) is 1. The van der Waals surface area contributed by atoms with Crippen molar-refractivity contribution in [3.8, 4) is 11.5 Å². The van der Waals surface area contributed by atoms with Crippen molar-refractivity contribution in [1.82, 2.24) is 5.32 Å². The van der Waals surface area contributed by atoms with Crippen molar-refractivity contribution in [1.29, 1.82) is 0 Å². The van der Waals surface area contributed by atoms with Crippen molar-refractivity contribution in [2.24, 2.45) is 40.7 Å². The summed E-state index contributed by atoms with van der Waals surface area (Å²) in [6.07, 6.45) is 6.37. The van der Waals surface area contributed by atoms with Gasteiger partial charge in [0.05, 0.1) is 25.9 Å². The van der Waals surface area contributed by atoms with Gasteiger partial charge in [0, 0.05) is 32.1 Å². The number of nitrogens with one attached hydrogen (secondary N) is 1. The molecular weight excluding hydrogens is 516 g/mol. The number of ether oxygens (including phenoxy) is 3. The number of aliphatic hydroxyl groups is 1. The van der Waals surface area contributed by atoms with Gasteiger partial charge in [0.2, 0.25) is 5.91 Å². The molecular formula is C34H56N2O5. The number of methoxy groups -OCH3 is 2. The van der Waals surface area contributed by atoms with Gasteiger partial charge in [0.25, 0.3) is 0 Å². The lowest BCUT2D eigenvalue weighted by atomic mass is 9.80. The van der Waals surface area contributed by atoms with Crippen LogP contribution in [-0.4, -0.2) is 56.6 Å². The summed E-state index contributed by atoms with van der Waals surface area (Å²) >= 11 is 0. The Labute approximate surface area is 248 Å². The highest BCUT2D eigenvalue weighted by atomic mass is 16.5. The number of allylic oxidation sites excluding steroid dienone is 1. The van der Waals surface area contributed by atoms with Gasteiger partial charge in [-0.2, -0.15) is 0 Å². The molecule has 1 saturated carbocycles. The van der Waals surface area contributed by atoms with Crippen LogP contribution in [0.5, 0.6) is 11.5 Å². The maximum absolute atomic E-state index is 13.4. The minimum atomic E-state index is -0.749. The minimum Gasteiger partial charge on any atom is -0.493 e.